The Hall–Kier alpha value is -1.43. The fourth-order valence-corrected chi connectivity index (χ4v) is 4.69. The molecule has 1 aliphatic carbocycles. The highest BCUT2D eigenvalue weighted by Crippen LogP contribution is 2.56. The van der Waals surface area contributed by atoms with E-state index in [0.717, 1.165) is 18.8 Å². The predicted octanol–water partition coefficient (Wildman–Crippen LogP) is 3.30. The summed E-state index contributed by atoms with van der Waals surface area (Å²) in [6.07, 6.45) is 5.89. The zero-order valence-electron chi connectivity index (χ0n) is 14.2. The van der Waals surface area contributed by atoms with Crippen LogP contribution in [0.4, 0.5) is 0 Å². The lowest BCUT2D eigenvalue weighted by Crippen LogP contribution is -2.35. The molecular formula is C19H25N3OS. The second-order valence-electron chi connectivity index (χ2n) is 7.01. The smallest absolute Gasteiger partial charge is 0.118 e. The Morgan fingerprint density at radius 1 is 1.25 bits per heavy atom. The average Bonchev–Trinajstić information content (AvgIpc) is 3.06. The van der Waals surface area contributed by atoms with E-state index >= 15 is 0 Å². The molecule has 1 atom stereocenters. The van der Waals surface area contributed by atoms with Crippen LogP contribution < -0.4 is 10.1 Å². The summed E-state index contributed by atoms with van der Waals surface area (Å²) < 4.78 is 5.28. The van der Waals surface area contributed by atoms with E-state index < -0.39 is 0 Å². The highest BCUT2D eigenvalue weighted by atomic mass is 32.1. The molecule has 128 valence electrons. The van der Waals surface area contributed by atoms with Gasteiger partial charge in [-0.15, -0.1) is 11.3 Å². The van der Waals surface area contributed by atoms with Gasteiger partial charge in [0, 0.05) is 24.2 Å². The molecule has 1 aromatic carbocycles. The van der Waals surface area contributed by atoms with Crippen molar-refractivity contribution in [2.75, 3.05) is 20.2 Å². The van der Waals surface area contributed by atoms with Gasteiger partial charge in [0.05, 0.1) is 13.7 Å². The van der Waals surface area contributed by atoms with Crippen molar-refractivity contribution in [3.8, 4) is 5.75 Å². The second-order valence-corrected chi connectivity index (χ2v) is 7.99. The number of ether oxygens (including phenoxy) is 1. The van der Waals surface area contributed by atoms with Gasteiger partial charge < -0.3 is 10.1 Å². The molecule has 1 spiro atoms. The zero-order valence-corrected chi connectivity index (χ0v) is 15.0. The Bertz CT molecular complexity index is 650. The first-order valence-electron chi connectivity index (χ1n) is 8.75. The number of piperidine rings is 1. The van der Waals surface area contributed by atoms with Crippen LogP contribution in [0.15, 0.2) is 35.8 Å². The highest BCUT2D eigenvalue weighted by Gasteiger charge is 2.56. The molecule has 5 heteroatoms. The summed E-state index contributed by atoms with van der Waals surface area (Å²) in [5.41, 5.74) is 1.90. The van der Waals surface area contributed by atoms with Gasteiger partial charge in [0.15, 0.2) is 0 Å². The number of rotatable bonds is 6. The standard InChI is InChI=1S/C19H25N3OS/c1-23-16-4-2-15(3-5-16)13-22(14-18-21-10-11-24-18)17-12-19(17)6-8-20-9-7-19/h2-5,10-11,17,20H,6-9,12-14H2,1H3. The Morgan fingerprint density at radius 3 is 2.71 bits per heavy atom. The van der Waals surface area contributed by atoms with Gasteiger partial charge in [0.1, 0.15) is 10.8 Å². The van der Waals surface area contributed by atoms with Gasteiger partial charge in [-0.1, -0.05) is 12.1 Å². The first kappa shape index (κ1) is 16.1. The monoisotopic (exact) mass is 343 g/mol. The second kappa shape index (κ2) is 6.82. The summed E-state index contributed by atoms with van der Waals surface area (Å²) >= 11 is 1.76. The minimum atomic E-state index is 0.551. The highest BCUT2D eigenvalue weighted by molar-refractivity contribution is 7.09. The van der Waals surface area contributed by atoms with E-state index in [4.69, 9.17) is 4.74 Å². The van der Waals surface area contributed by atoms with E-state index in [1.165, 1.54) is 42.9 Å². The maximum absolute atomic E-state index is 5.28. The quantitative estimate of drug-likeness (QED) is 0.873. The molecular weight excluding hydrogens is 318 g/mol. The largest absolute Gasteiger partial charge is 0.497 e. The maximum Gasteiger partial charge on any atom is 0.118 e. The normalized spacial score (nSPS) is 22.0. The van der Waals surface area contributed by atoms with Gasteiger partial charge in [0.25, 0.3) is 0 Å². The van der Waals surface area contributed by atoms with Crippen LogP contribution in [0.3, 0.4) is 0 Å². The van der Waals surface area contributed by atoms with Gasteiger partial charge >= 0.3 is 0 Å². The molecule has 0 bridgehead atoms. The van der Waals surface area contributed by atoms with E-state index in [9.17, 15) is 0 Å². The molecule has 1 N–H and O–H groups in total. The van der Waals surface area contributed by atoms with E-state index in [2.05, 4.69) is 44.8 Å². The third-order valence-electron chi connectivity index (χ3n) is 5.55. The number of nitrogens with one attached hydrogen (secondary N) is 1. The van der Waals surface area contributed by atoms with Crippen LogP contribution in [0, 0.1) is 5.41 Å². The summed E-state index contributed by atoms with van der Waals surface area (Å²) in [6, 6.07) is 9.19. The summed E-state index contributed by atoms with van der Waals surface area (Å²) in [6.45, 7) is 4.29. The van der Waals surface area contributed by atoms with Crippen molar-refractivity contribution < 1.29 is 4.74 Å². The molecule has 4 nitrogen and oxygen atoms in total. The number of nitrogens with zero attached hydrogens (tertiary/aromatic N) is 2. The number of methoxy groups -OCH3 is 1. The molecule has 2 heterocycles. The van der Waals surface area contributed by atoms with Crippen LogP contribution in [-0.4, -0.2) is 36.1 Å². The van der Waals surface area contributed by atoms with Crippen molar-refractivity contribution in [2.45, 2.75) is 38.4 Å². The topological polar surface area (TPSA) is 37.4 Å². The average molecular weight is 343 g/mol. The summed E-state index contributed by atoms with van der Waals surface area (Å²) in [7, 11) is 1.72. The van der Waals surface area contributed by atoms with Crippen molar-refractivity contribution in [2.24, 2.45) is 5.41 Å². The lowest BCUT2D eigenvalue weighted by Gasteiger charge is -2.29. The van der Waals surface area contributed by atoms with Crippen LogP contribution in [0.25, 0.3) is 0 Å². The molecule has 24 heavy (non-hydrogen) atoms. The number of hydrogen-bond donors (Lipinski definition) is 1. The van der Waals surface area contributed by atoms with Crippen molar-refractivity contribution in [3.05, 3.63) is 46.4 Å². The van der Waals surface area contributed by atoms with Gasteiger partial charge in [0.2, 0.25) is 0 Å². The Labute approximate surface area is 147 Å². The third kappa shape index (κ3) is 3.34. The molecule has 2 fully saturated rings. The number of hydrogen-bond acceptors (Lipinski definition) is 5. The van der Waals surface area contributed by atoms with E-state index in [0.29, 0.717) is 11.5 Å². The SMILES string of the molecule is COc1ccc(CN(Cc2nccs2)C2CC23CCNCC3)cc1. The Morgan fingerprint density at radius 2 is 2.04 bits per heavy atom. The fourth-order valence-electron chi connectivity index (χ4n) is 4.05. The van der Waals surface area contributed by atoms with Crippen LogP contribution in [0.1, 0.15) is 29.8 Å². The van der Waals surface area contributed by atoms with Gasteiger partial charge in [-0.05, 0) is 55.5 Å². The Kier molecular flexibility index (Phi) is 4.57. The lowest BCUT2D eigenvalue weighted by atomic mass is 9.93. The van der Waals surface area contributed by atoms with Crippen LogP contribution >= 0.6 is 11.3 Å². The molecule has 0 amide bonds. The fraction of sp³-hybridized carbons (Fsp3) is 0.526. The summed E-state index contributed by atoms with van der Waals surface area (Å²) in [5.74, 6) is 0.923. The number of benzene rings is 1. The molecule has 2 aromatic rings. The molecule has 1 saturated carbocycles. The number of thiazole rings is 1. The molecule has 1 aromatic heterocycles. The zero-order chi connectivity index (χ0) is 16.4. The van der Waals surface area contributed by atoms with E-state index in [1.54, 1.807) is 18.4 Å². The molecule has 1 saturated heterocycles. The summed E-state index contributed by atoms with van der Waals surface area (Å²) in [4.78, 5) is 7.16. The first-order chi connectivity index (χ1) is 11.8. The third-order valence-corrected chi connectivity index (χ3v) is 6.32. The maximum atomic E-state index is 5.28. The van der Waals surface area contributed by atoms with Crippen molar-refractivity contribution >= 4 is 11.3 Å². The van der Waals surface area contributed by atoms with Crippen molar-refractivity contribution in [1.29, 1.82) is 0 Å². The van der Waals surface area contributed by atoms with E-state index in [-0.39, 0.29) is 0 Å². The van der Waals surface area contributed by atoms with Gasteiger partial charge in [-0.2, -0.15) is 0 Å². The van der Waals surface area contributed by atoms with Crippen LogP contribution in [0.2, 0.25) is 0 Å². The van der Waals surface area contributed by atoms with Gasteiger partial charge in [-0.3, -0.25) is 4.90 Å². The van der Waals surface area contributed by atoms with Crippen molar-refractivity contribution in [3.63, 3.8) is 0 Å². The van der Waals surface area contributed by atoms with Crippen molar-refractivity contribution in [1.82, 2.24) is 15.2 Å². The first-order valence-corrected chi connectivity index (χ1v) is 9.63. The van der Waals surface area contributed by atoms with Gasteiger partial charge in [-0.25, -0.2) is 4.98 Å². The summed E-state index contributed by atoms with van der Waals surface area (Å²) in [5, 5.41) is 6.80. The minimum Gasteiger partial charge on any atom is -0.497 e. The van der Waals surface area contributed by atoms with Crippen LogP contribution in [-0.2, 0) is 13.1 Å². The Balaban J connectivity index is 1.49. The molecule has 4 rings (SSSR count). The predicted molar refractivity (Wildman–Crippen MR) is 97.3 cm³/mol. The molecule has 1 unspecified atom stereocenters. The lowest BCUT2D eigenvalue weighted by molar-refractivity contribution is 0.188. The van der Waals surface area contributed by atoms with Crippen LogP contribution in [0.5, 0.6) is 5.75 Å². The molecule has 0 radical (unpaired) electrons. The van der Waals surface area contributed by atoms with E-state index in [1.807, 2.05) is 6.20 Å². The molecule has 2 aliphatic rings. The molecule has 1 aliphatic heterocycles. The minimum absolute atomic E-state index is 0.551. The number of aromatic nitrogens is 1.